The maximum atomic E-state index is 13.7. The monoisotopic (exact) mass is 460 g/mol. The third-order valence-corrected chi connectivity index (χ3v) is 5.98. The minimum absolute atomic E-state index is 0.0848. The lowest BCUT2D eigenvalue weighted by molar-refractivity contribution is -0.120. The summed E-state index contributed by atoms with van der Waals surface area (Å²) in [5, 5.41) is 17.4. The summed E-state index contributed by atoms with van der Waals surface area (Å²) in [5.41, 5.74) is 3.88. The molecule has 180 valence electrons. The zero-order valence-corrected chi connectivity index (χ0v) is 20.0. The van der Waals surface area contributed by atoms with Gasteiger partial charge >= 0.3 is 0 Å². The summed E-state index contributed by atoms with van der Waals surface area (Å²) in [5.74, 6) is -0.895. The fraction of sp³-hybridized carbons (Fsp3) is 0.500. The molecule has 0 spiro atoms. The van der Waals surface area contributed by atoms with Crippen LogP contribution >= 0.6 is 0 Å². The van der Waals surface area contributed by atoms with Crippen LogP contribution in [0.2, 0.25) is 0 Å². The van der Waals surface area contributed by atoms with E-state index in [1.54, 1.807) is 7.11 Å². The molecule has 1 amide bonds. The van der Waals surface area contributed by atoms with Crippen molar-refractivity contribution < 1.29 is 23.4 Å². The number of aliphatic hydroxyl groups is 1. The van der Waals surface area contributed by atoms with Gasteiger partial charge in [-0.15, -0.1) is 0 Å². The summed E-state index contributed by atoms with van der Waals surface area (Å²) in [6.07, 6.45) is 0.557. The SMILES string of the molecule is COc1ccc(CC(C)(C)C)c2c1CN[C@@H]([C@@H](O)[C@H](Cc1cc(F)cc(F)c1)NC(C)=O)C2. The van der Waals surface area contributed by atoms with E-state index in [1.165, 1.54) is 24.6 Å². The average molecular weight is 461 g/mol. The van der Waals surface area contributed by atoms with Gasteiger partial charge in [0.25, 0.3) is 0 Å². The molecule has 0 fully saturated rings. The van der Waals surface area contributed by atoms with Crippen LogP contribution in [0.4, 0.5) is 8.78 Å². The summed E-state index contributed by atoms with van der Waals surface area (Å²) < 4.78 is 33.0. The van der Waals surface area contributed by atoms with Gasteiger partial charge in [-0.1, -0.05) is 26.8 Å². The number of fused-ring (bicyclic) bond motifs is 1. The second-order valence-electron chi connectivity index (χ2n) is 10.1. The fourth-order valence-corrected chi connectivity index (χ4v) is 4.64. The highest BCUT2D eigenvalue weighted by Crippen LogP contribution is 2.34. The number of halogens is 2. The Labute approximate surface area is 194 Å². The molecule has 1 aliphatic rings. The lowest BCUT2D eigenvalue weighted by atomic mass is 9.80. The van der Waals surface area contributed by atoms with Gasteiger partial charge in [0.15, 0.2) is 0 Å². The van der Waals surface area contributed by atoms with E-state index in [2.05, 4.69) is 37.5 Å². The van der Waals surface area contributed by atoms with Crippen molar-refractivity contribution in [1.29, 1.82) is 0 Å². The number of carbonyl (C=O) groups is 1. The molecule has 0 aromatic heterocycles. The van der Waals surface area contributed by atoms with Crippen LogP contribution in [0.25, 0.3) is 0 Å². The van der Waals surface area contributed by atoms with Crippen molar-refractivity contribution in [2.24, 2.45) is 5.41 Å². The first-order valence-corrected chi connectivity index (χ1v) is 11.3. The van der Waals surface area contributed by atoms with Crippen molar-refractivity contribution in [3.05, 3.63) is 64.2 Å². The predicted molar refractivity (Wildman–Crippen MR) is 124 cm³/mol. The largest absolute Gasteiger partial charge is 0.496 e. The summed E-state index contributed by atoms with van der Waals surface area (Å²) in [7, 11) is 1.64. The number of aliphatic hydroxyl groups excluding tert-OH is 1. The first-order chi connectivity index (χ1) is 15.5. The van der Waals surface area contributed by atoms with E-state index >= 15 is 0 Å². The van der Waals surface area contributed by atoms with Gasteiger partial charge in [0.1, 0.15) is 17.4 Å². The number of hydrogen-bond donors (Lipinski definition) is 3. The summed E-state index contributed by atoms with van der Waals surface area (Å²) >= 11 is 0. The Bertz CT molecular complexity index is 984. The van der Waals surface area contributed by atoms with E-state index in [0.29, 0.717) is 18.5 Å². The van der Waals surface area contributed by atoms with E-state index in [1.807, 2.05) is 6.07 Å². The highest BCUT2D eigenvalue weighted by atomic mass is 19.1. The molecule has 1 aliphatic heterocycles. The van der Waals surface area contributed by atoms with Crippen LogP contribution in [0, 0.1) is 17.0 Å². The molecule has 3 rings (SSSR count). The van der Waals surface area contributed by atoms with Crippen LogP contribution < -0.4 is 15.4 Å². The van der Waals surface area contributed by atoms with Gasteiger partial charge in [-0.3, -0.25) is 4.79 Å². The minimum Gasteiger partial charge on any atom is -0.496 e. The average Bonchev–Trinajstić information content (AvgIpc) is 2.70. The standard InChI is InChI=1S/C26H34F2N2O3/c1-15(31)30-23(10-16-8-18(27)11-19(28)9-16)25(32)22-12-20-17(13-26(2,3)4)6-7-24(33-5)21(20)14-29-22/h6-9,11,22-23,25,29,32H,10,12-14H2,1-5H3,(H,30,31)/t22-,23+,25-/m1/s1. The normalized spacial score (nSPS) is 17.8. The van der Waals surface area contributed by atoms with Crippen LogP contribution in [0.5, 0.6) is 5.75 Å². The molecule has 0 aliphatic carbocycles. The van der Waals surface area contributed by atoms with Crippen molar-refractivity contribution >= 4 is 5.91 Å². The molecule has 0 radical (unpaired) electrons. The van der Waals surface area contributed by atoms with Crippen LogP contribution in [0.1, 0.15) is 49.9 Å². The molecule has 33 heavy (non-hydrogen) atoms. The summed E-state index contributed by atoms with van der Waals surface area (Å²) in [6, 6.07) is 6.26. The van der Waals surface area contributed by atoms with Gasteiger partial charge in [-0.05, 0) is 59.6 Å². The van der Waals surface area contributed by atoms with Gasteiger partial charge < -0.3 is 20.5 Å². The van der Waals surface area contributed by atoms with Crippen molar-refractivity contribution in [1.82, 2.24) is 10.6 Å². The molecular weight excluding hydrogens is 426 g/mol. The van der Waals surface area contributed by atoms with E-state index in [4.69, 9.17) is 4.74 Å². The number of rotatable bonds is 7. The van der Waals surface area contributed by atoms with Crippen LogP contribution in [-0.4, -0.2) is 36.3 Å². The smallest absolute Gasteiger partial charge is 0.217 e. The Balaban J connectivity index is 1.88. The zero-order valence-electron chi connectivity index (χ0n) is 20.0. The van der Waals surface area contributed by atoms with Gasteiger partial charge in [-0.25, -0.2) is 8.78 Å². The van der Waals surface area contributed by atoms with E-state index in [9.17, 15) is 18.7 Å². The molecule has 2 aromatic rings. The van der Waals surface area contributed by atoms with Gasteiger partial charge in [0.2, 0.25) is 5.91 Å². The van der Waals surface area contributed by atoms with Crippen LogP contribution in [0.3, 0.4) is 0 Å². The van der Waals surface area contributed by atoms with E-state index in [0.717, 1.165) is 29.4 Å². The number of benzene rings is 2. The molecule has 5 nitrogen and oxygen atoms in total. The zero-order chi connectivity index (χ0) is 24.3. The van der Waals surface area contributed by atoms with Crippen molar-refractivity contribution in [2.45, 2.75) is 71.7 Å². The molecule has 0 saturated carbocycles. The summed E-state index contributed by atoms with van der Waals surface area (Å²) in [4.78, 5) is 11.9. The second kappa shape index (κ2) is 10.2. The molecule has 0 bridgehead atoms. The van der Waals surface area contributed by atoms with E-state index < -0.39 is 23.8 Å². The predicted octanol–water partition coefficient (Wildman–Crippen LogP) is 3.68. The Morgan fingerprint density at radius 1 is 1.21 bits per heavy atom. The molecule has 3 atom stereocenters. The van der Waals surface area contributed by atoms with Crippen LogP contribution in [0.15, 0.2) is 30.3 Å². The minimum atomic E-state index is -0.970. The molecule has 1 heterocycles. The number of carbonyl (C=O) groups excluding carboxylic acids is 1. The van der Waals surface area contributed by atoms with Crippen molar-refractivity contribution in [2.75, 3.05) is 7.11 Å². The second-order valence-corrected chi connectivity index (χ2v) is 10.1. The topological polar surface area (TPSA) is 70.6 Å². The Kier molecular flexibility index (Phi) is 7.75. The molecule has 0 saturated heterocycles. The number of ether oxygens (including phenoxy) is 1. The number of nitrogens with one attached hydrogen (secondary N) is 2. The fourth-order valence-electron chi connectivity index (χ4n) is 4.64. The Hall–Kier alpha value is -2.51. The third kappa shape index (κ3) is 6.51. The van der Waals surface area contributed by atoms with Crippen molar-refractivity contribution in [3.63, 3.8) is 0 Å². The summed E-state index contributed by atoms with van der Waals surface area (Å²) in [6.45, 7) is 8.42. The molecule has 3 N–H and O–H groups in total. The highest BCUT2D eigenvalue weighted by Gasteiger charge is 2.33. The maximum Gasteiger partial charge on any atom is 0.217 e. The Morgan fingerprint density at radius 3 is 2.45 bits per heavy atom. The molecule has 7 heteroatoms. The number of amides is 1. The lowest BCUT2D eigenvalue weighted by Gasteiger charge is -2.36. The number of methoxy groups -OCH3 is 1. The van der Waals surface area contributed by atoms with Gasteiger partial charge in [0, 0.05) is 31.1 Å². The quantitative estimate of drug-likeness (QED) is 0.590. The van der Waals surface area contributed by atoms with Crippen molar-refractivity contribution in [3.8, 4) is 5.75 Å². The first kappa shape index (κ1) is 25.1. The van der Waals surface area contributed by atoms with E-state index in [-0.39, 0.29) is 23.8 Å². The van der Waals surface area contributed by atoms with Crippen LogP contribution in [-0.2, 0) is 30.6 Å². The van der Waals surface area contributed by atoms with Gasteiger partial charge in [0.05, 0.1) is 19.3 Å². The third-order valence-electron chi connectivity index (χ3n) is 5.98. The Morgan fingerprint density at radius 2 is 1.88 bits per heavy atom. The lowest BCUT2D eigenvalue weighted by Crippen LogP contribution is -2.55. The molecule has 2 aromatic carbocycles. The van der Waals surface area contributed by atoms with Gasteiger partial charge in [-0.2, -0.15) is 0 Å². The first-order valence-electron chi connectivity index (χ1n) is 11.3. The molecule has 0 unspecified atom stereocenters. The molecular formula is C26H34F2N2O3. The highest BCUT2D eigenvalue weighted by molar-refractivity contribution is 5.73. The maximum absolute atomic E-state index is 13.7. The number of hydrogen-bond acceptors (Lipinski definition) is 4.